The molecule has 0 saturated heterocycles. The molecule has 0 radical (unpaired) electrons. The van der Waals surface area contributed by atoms with Crippen LogP contribution in [0.1, 0.15) is 34.8 Å². The van der Waals surface area contributed by atoms with E-state index in [1.54, 1.807) is 13.0 Å². The SMILES string of the molecule is Cc1nc(Nc2ccccc2)cc(C(=O)NC(C)c2ccccc2)n1. The first-order valence-corrected chi connectivity index (χ1v) is 8.15. The topological polar surface area (TPSA) is 66.9 Å². The molecule has 0 aliphatic rings. The van der Waals surface area contributed by atoms with Crippen molar-refractivity contribution >= 4 is 17.4 Å². The number of para-hydroxylation sites is 1. The first-order chi connectivity index (χ1) is 12.1. The van der Waals surface area contributed by atoms with Crippen molar-refractivity contribution in [1.82, 2.24) is 15.3 Å². The number of carbonyl (C=O) groups is 1. The summed E-state index contributed by atoms with van der Waals surface area (Å²) in [6, 6.07) is 21.1. The van der Waals surface area contributed by atoms with E-state index in [2.05, 4.69) is 20.6 Å². The van der Waals surface area contributed by atoms with Crippen molar-refractivity contribution in [2.75, 3.05) is 5.32 Å². The van der Waals surface area contributed by atoms with E-state index in [9.17, 15) is 4.79 Å². The molecule has 0 spiro atoms. The molecule has 5 heteroatoms. The Bertz CT molecular complexity index is 850. The highest BCUT2D eigenvalue weighted by Gasteiger charge is 2.14. The first-order valence-electron chi connectivity index (χ1n) is 8.15. The maximum Gasteiger partial charge on any atom is 0.270 e. The van der Waals surface area contributed by atoms with E-state index in [0.717, 1.165) is 11.3 Å². The van der Waals surface area contributed by atoms with Crippen molar-refractivity contribution in [3.05, 3.63) is 83.8 Å². The number of hydrogen-bond acceptors (Lipinski definition) is 4. The second-order valence-corrected chi connectivity index (χ2v) is 5.78. The summed E-state index contributed by atoms with van der Waals surface area (Å²) < 4.78 is 0. The fourth-order valence-electron chi connectivity index (χ4n) is 2.51. The van der Waals surface area contributed by atoms with Gasteiger partial charge in [0.15, 0.2) is 0 Å². The van der Waals surface area contributed by atoms with Crippen molar-refractivity contribution in [2.24, 2.45) is 0 Å². The molecule has 1 aromatic heterocycles. The number of benzene rings is 2. The Kier molecular flexibility index (Phi) is 5.04. The normalized spacial score (nSPS) is 11.6. The Hall–Kier alpha value is -3.21. The average molecular weight is 332 g/mol. The van der Waals surface area contributed by atoms with Crippen molar-refractivity contribution in [3.8, 4) is 0 Å². The molecular weight excluding hydrogens is 312 g/mol. The second kappa shape index (κ2) is 7.57. The molecule has 5 nitrogen and oxygen atoms in total. The summed E-state index contributed by atoms with van der Waals surface area (Å²) in [4.78, 5) is 21.2. The summed E-state index contributed by atoms with van der Waals surface area (Å²) >= 11 is 0. The van der Waals surface area contributed by atoms with Crippen molar-refractivity contribution in [1.29, 1.82) is 0 Å². The van der Waals surface area contributed by atoms with E-state index in [0.29, 0.717) is 17.3 Å². The molecule has 126 valence electrons. The molecule has 0 aliphatic heterocycles. The van der Waals surface area contributed by atoms with Gasteiger partial charge in [-0.05, 0) is 31.5 Å². The maximum atomic E-state index is 12.6. The predicted octanol–water partition coefficient (Wildman–Crippen LogP) is 4.02. The molecule has 2 N–H and O–H groups in total. The zero-order chi connectivity index (χ0) is 17.6. The van der Waals surface area contributed by atoms with Crippen LogP contribution in [0.4, 0.5) is 11.5 Å². The summed E-state index contributed by atoms with van der Waals surface area (Å²) in [6.45, 7) is 3.72. The van der Waals surface area contributed by atoms with Gasteiger partial charge in [-0.2, -0.15) is 0 Å². The molecule has 1 amide bonds. The molecule has 0 fully saturated rings. The predicted molar refractivity (Wildman–Crippen MR) is 98.8 cm³/mol. The largest absolute Gasteiger partial charge is 0.344 e. The molecule has 0 aliphatic carbocycles. The van der Waals surface area contributed by atoms with Crippen molar-refractivity contribution < 1.29 is 4.79 Å². The highest BCUT2D eigenvalue weighted by atomic mass is 16.1. The maximum absolute atomic E-state index is 12.6. The number of anilines is 2. The van der Waals surface area contributed by atoms with Gasteiger partial charge >= 0.3 is 0 Å². The smallest absolute Gasteiger partial charge is 0.270 e. The number of hydrogen-bond donors (Lipinski definition) is 2. The molecule has 1 heterocycles. The van der Waals surface area contributed by atoms with Crippen LogP contribution in [0.15, 0.2) is 66.7 Å². The van der Waals surface area contributed by atoms with Crippen LogP contribution >= 0.6 is 0 Å². The van der Waals surface area contributed by atoms with Gasteiger partial charge in [0.2, 0.25) is 0 Å². The molecular formula is C20H20N4O. The van der Waals surface area contributed by atoms with Crippen LogP contribution in [-0.2, 0) is 0 Å². The quantitative estimate of drug-likeness (QED) is 0.740. The summed E-state index contributed by atoms with van der Waals surface area (Å²) in [5.74, 6) is 0.910. The number of aromatic nitrogens is 2. The summed E-state index contributed by atoms with van der Waals surface area (Å²) in [5, 5.41) is 6.17. The van der Waals surface area contributed by atoms with E-state index in [1.807, 2.05) is 67.6 Å². The third-order valence-electron chi connectivity index (χ3n) is 3.76. The number of nitrogens with zero attached hydrogens (tertiary/aromatic N) is 2. The Labute approximate surface area is 147 Å². The van der Waals surface area contributed by atoms with Gasteiger partial charge in [-0.3, -0.25) is 4.79 Å². The van der Waals surface area contributed by atoms with Crippen LogP contribution in [0.3, 0.4) is 0 Å². The molecule has 3 rings (SSSR count). The fraction of sp³-hybridized carbons (Fsp3) is 0.150. The van der Waals surface area contributed by atoms with E-state index < -0.39 is 0 Å². The van der Waals surface area contributed by atoms with Gasteiger partial charge in [0, 0.05) is 11.8 Å². The summed E-state index contributed by atoms with van der Waals surface area (Å²) in [6.07, 6.45) is 0. The monoisotopic (exact) mass is 332 g/mol. The lowest BCUT2D eigenvalue weighted by molar-refractivity contribution is 0.0934. The highest BCUT2D eigenvalue weighted by Crippen LogP contribution is 2.16. The minimum atomic E-state index is -0.224. The van der Waals surface area contributed by atoms with Gasteiger partial charge in [-0.15, -0.1) is 0 Å². The third kappa shape index (κ3) is 4.41. The number of amides is 1. The van der Waals surface area contributed by atoms with Gasteiger partial charge in [-0.1, -0.05) is 48.5 Å². The van der Waals surface area contributed by atoms with Crippen LogP contribution in [-0.4, -0.2) is 15.9 Å². The van der Waals surface area contributed by atoms with Crippen molar-refractivity contribution in [3.63, 3.8) is 0 Å². The lowest BCUT2D eigenvalue weighted by Crippen LogP contribution is -2.27. The van der Waals surface area contributed by atoms with E-state index in [4.69, 9.17) is 0 Å². The Morgan fingerprint density at radius 3 is 2.28 bits per heavy atom. The summed E-state index contributed by atoms with van der Waals surface area (Å²) in [7, 11) is 0. The van der Waals surface area contributed by atoms with Crippen LogP contribution in [0.5, 0.6) is 0 Å². The third-order valence-corrected chi connectivity index (χ3v) is 3.76. The average Bonchev–Trinajstić information content (AvgIpc) is 2.62. The van der Waals surface area contributed by atoms with Gasteiger partial charge in [0.1, 0.15) is 17.3 Å². The molecule has 0 saturated carbocycles. The lowest BCUT2D eigenvalue weighted by Gasteiger charge is -2.14. The van der Waals surface area contributed by atoms with E-state index in [1.165, 1.54) is 0 Å². The van der Waals surface area contributed by atoms with Gasteiger partial charge in [-0.25, -0.2) is 9.97 Å². The van der Waals surface area contributed by atoms with Crippen LogP contribution in [0.2, 0.25) is 0 Å². The van der Waals surface area contributed by atoms with Gasteiger partial charge in [0.05, 0.1) is 6.04 Å². The lowest BCUT2D eigenvalue weighted by atomic mass is 10.1. The number of nitrogens with one attached hydrogen (secondary N) is 2. The van der Waals surface area contributed by atoms with E-state index in [-0.39, 0.29) is 11.9 Å². The molecule has 0 bridgehead atoms. The zero-order valence-electron chi connectivity index (χ0n) is 14.2. The van der Waals surface area contributed by atoms with Gasteiger partial charge in [0.25, 0.3) is 5.91 Å². The number of rotatable bonds is 5. The highest BCUT2D eigenvalue weighted by molar-refractivity contribution is 5.93. The molecule has 3 aromatic rings. The number of aryl methyl sites for hydroxylation is 1. The molecule has 25 heavy (non-hydrogen) atoms. The molecule has 1 atom stereocenters. The van der Waals surface area contributed by atoms with E-state index >= 15 is 0 Å². The second-order valence-electron chi connectivity index (χ2n) is 5.78. The molecule has 2 aromatic carbocycles. The zero-order valence-corrected chi connectivity index (χ0v) is 14.2. The number of carbonyl (C=O) groups excluding carboxylic acids is 1. The molecule has 1 unspecified atom stereocenters. The Morgan fingerprint density at radius 1 is 0.960 bits per heavy atom. The first kappa shape index (κ1) is 16.6. The van der Waals surface area contributed by atoms with Crippen molar-refractivity contribution in [2.45, 2.75) is 19.9 Å². The standard InChI is InChI=1S/C20H20N4O/c1-14(16-9-5-3-6-10-16)21-20(25)18-13-19(23-15(2)22-18)24-17-11-7-4-8-12-17/h3-14H,1-2H3,(H,21,25)(H,22,23,24). The Morgan fingerprint density at radius 2 is 1.60 bits per heavy atom. The Balaban J connectivity index is 1.76. The fourth-order valence-corrected chi connectivity index (χ4v) is 2.51. The summed E-state index contributed by atoms with van der Waals surface area (Å²) in [5.41, 5.74) is 2.29. The van der Waals surface area contributed by atoms with Crippen LogP contribution in [0, 0.1) is 6.92 Å². The minimum Gasteiger partial charge on any atom is -0.344 e. The van der Waals surface area contributed by atoms with Crippen LogP contribution in [0.25, 0.3) is 0 Å². The van der Waals surface area contributed by atoms with Gasteiger partial charge < -0.3 is 10.6 Å². The van der Waals surface area contributed by atoms with Crippen LogP contribution < -0.4 is 10.6 Å². The minimum absolute atomic E-state index is 0.102.